The first-order valence-electron chi connectivity index (χ1n) is 11.7. The second kappa shape index (κ2) is 10.2. The van der Waals surface area contributed by atoms with Gasteiger partial charge < -0.3 is 9.88 Å². The average Bonchev–Trinajstić information content (AvgIpc) is 3.31. The lowest BCUT2D eigenvalue weighted by atomic mass is 10.1. The molecule has 3 aromatic carbocycles. The number of hydrogen-bond donors (Lipinski definition) is 1. The minimum atomic E-state index is -0.225. The summed E-state index contributed by atoms with van der Waals surface area (Å²) in [6.07, 6.45) is 1.78. The molecule has 1 N–H and O–H groups in total. The Morgan fingerprint density at radius 1 is 1.00 bits per heavy atom. The van der Waals surface area contributed by atoms with Crippen molar-refractivity contribution in [2.24, 2.45) is 0 Å². The van der Waals surface area contributed by atoms with Crippen molar-refractivity contribution in [1.82, 2.24) is 24.6 Å². The number of nitrogens with zero attached hydrogens (tertiary/aromatic N) is 4. The molecule has 0 spiro atoms. The lowest BCUT2D eigenvalue weighted by molar-refractivity contribution is 0.0749. The van der Waals surface area contributed by atoms with E-state index in [2.05, 4.69) is 9.97 Å². The molecule has 7 nitrogen and oxygen atoms in total. The highest BCUT2D eigenvalue weighted by molar-refractivity contribution is 6.30. The van der Waals surface area contributed by atoms with E-state index in [-0.39, 0.29) is 18.0 Å². The number of nitrogens with one attached hydrogen (secondary N) is 1. The van der Waals surface area contributed by atoms with Gasteiger partial charge in [0.25, 0.3) is 11.5 Å². The minimum Gasteiger partial charge on any atom is -0.331 e. The molecule has 5 rings (SSSR count). The third-order valence-electron chi connectivity index (χ3n) is 5.97. The molecule has 0 saturated heterocycles. The van der Waals surface area contributed by atoms with Crippen LogP contribution in [0.4, 0.5) is 0 Å². The molecule has 2 heterocycles. The zero-order valence-corrected chi connectivity index (χ0v) is 20.4. The summed E-state index contributed by atoms with van der Waals surface area (Å²) in [4.78, 5) is 35.3. The number of fused-ring (bicyclic) bond motifs is 1. The van der Waals surface area contributed by atoms with Crippen molar-refractivity contribution in [1.29, 1.82) is 0 Å². The minimum absolute atomic E-state index is 0.166. The van der Waals surface area contributed by atoms with Crippen LogP contribution in [0, 0.1) is 0 Å². The smallest absolute Gasteiger partial charge is 0.258 e. The van der Waals surface area contributed by atoms with Gasteiger partial charge in [-0.3, -0.25) is 14.3 Å². The van der Waals surface area contributed by atoms with Crippen molar-refractivity contribution in [2.45, 2.75) is 20.0 Å². The van der Waals surface area contributed by atoms with Crippen LogP contribution in [0.2, 0.25) is 5.02 Å². The molecule has 0 aliphatic heterocycles. The van der Waals surface area contributed by atoms with Gasteiger partial charge in [0.2, 0.25) is 0 Å². The third-order valence-corrected chi connectivity index (χ3v) is 6.22. The Morgan fingerprint density at radius 3 is 2.47 bits per heavy atom. The predicted molar refractivity (Wildman–Crippen MR) is 141 cm³/mol. The summed E-state index contributed by atoms with van der Waals surface area (Å²) >= 11 is 6.09. The fourth-order valence-electron chi connectivity index (χ4n) is 4.14. The SMILES string of the molecule is CCN(Cc1nc2ccccc2c(=O)[nH]1)C(=O)c1cn(Cc2ccccc2)nc1-c1ccc(Cl)cc1. The molecule has 0 aliphatic rings. The van der Waals surface area contributed by atoms with E-state index in [1.807, 2.05) is 55.5 Å². The van der Waals surface area contributed by atoms with Crippen LogP contribution < -0.4 is 5.56 Å². The maximum atomic E-state index is 13.8. The molecule has 0 atom stereocenters. The van der Waals surface area contributed by atoms with E-state index in [1.54, 1.807) is 46.1 Å². The van der Waals surface area contributed by atoms with Crippen molar-refractivity contribution in [3.8, 4) is 11.3 Å². The lowest BCUT2D eigenvalue weighted by Crippen LogP contribution is -2.32. The van der Waals surface area contributed by atoms with E-state index in [1.165, 1.54) is 0 Å². The molecule has 1 amide bonds. The zero-order valence-electron chi connectivity index (χ0n) is 19.7. The molecule has 0 saturated carbocycles. The van der Waals surface area contributed by atoms with E-state index in [0.29, 0.717) is 46.1 Å². The average molecular weight is 498 g/mol. The molecule has 180 valence electrons. The Kier molecular flexibility index (Phi) is 6.64. The first kappa shape index (κ1) is 23.5. The maximum absolute atomic E-state index is 13.8. The van der Waals surface area contributed by atoms with E-state index in [9.17, 15) is 9.59 Å². The van der Waals surface area contributed by atoms with Gasteiger partial charge in [-0.15, -0.1) is 0 Å². The van der Waals surface area contributed by atoms with Gasteiger partial charge in [0.15, 0.2) is 0 Å². The fraction of sp³-hybridized carbons (Fsp3) is 0.143. The Bertz CT molecular complexity index is 1580. The van der Waals surface area contributed by atoms with Crippen molar-refractivity contribution in [3.63, 3.8) is 0 Å². The van der Waals surface area contributed by atoms with Gasteiger partial charge in [-0.25, -0.2) is 4.98 Å². The molecule has 36 heavy (non-hydrogen) atoms. The summed E-state index contributed by atoms with van der Waals surface area (Å²) in [5.41, 5.74) is 3.29. The quantitative estimate of drug-likeness (QED) is 0.337. The predicted octanol–water partition coefficient (Wildman–Crippen LogP) is 5.15. The molecular weight excluding hydrogens is 474 g/mol. The van der Waals surface area contributed by atoms with Gasteiger partial charge >= 0.3 is 0 Å². The molecule has 2 aromatic heterocycles. The van der Waals surface area contributed by atoms with E-state index in [0.717, 1.165) is 11.1 Å². The van der Waals surface area contributed by atoms with Gasteiger partial charge in [-0.2, -0.15) is 5.10 Å². The van der Waals surface area contributed by atoms with Gasteiger partial charge in [0, 0.05) is 23.3 Å². The number of carbonyl (C=O) groups excluding carboxylic acids is 1. The standard InChI is InChI=1S/C28H24ClN5O2/c1-2-33(18-25-30-24-11-7-6-10-22(24)27(35)31-25)28(36)23-17-34(16-19-8-4-3-5-9-19)32-26(23)20-12-14-21(29)15-13-20/h3-15,17H,2,16,18H2,1H3,(H,30,31,35). The lowest BCUT2D eigenvalue weighted by Gasteiger charge is -2.20. The van der Waals surface area contributed by atoms with E-state index >= 15 is 0 Å². The first-order valence-corrected chi connectivity index (χ1v) is 12.0. The molecule has 0 radical (unpaired) electrons. The summed E-state index contributed by atoms with van der Waals surface area (Å²) in [5.74, 6) is 0.233. The summed E-state index contributed by atoms with van der Waals surface area (Å²) < 4.78 is 1.77. The summed E-state index contributed by atoms with van der Waals surface area (Å²) in [7, 11) is 0. The zero-order chi connectivity index (χ0) is 25.1. The van der Waals surface area contributed by atoms with Crippen LogP contribution >= 0.6 is 11.6 Å². The topological polar surface area (TPSA) is 83.9 Å². The maximum Gasteiger partial charge on any atom is 0.258 e. The van der Waals surface area contributed by atoms with E-state index in [4.69, 9.17) is 16.7 Å². The largest absolute Gasteiger partial charge is 0.331 e. The molecule has 0 unspecified atom stereocenters. The number of amides is 1. The first-order chi connectivity index (χ1) is 17.5. The highest BCUT2D eigenvalue weighted by Gasteiger charge is 2.23. The second-order valence-electron chi connectivity index (χ2n) is 8.43. The fourth-order valence-corrected chi connectivity index (χ4v) is 4.26. The van der Waals surface area contributed by atoms with Crippen LogP contribution in [-0.4, -0.2) is 37.1 Å². The number of hydrogen-bond acceptors (Lipinski definition) is 4. The number of rotatable bonds is 7. The Labute approximate surface area is 213 Å². The molecule has 8 heteroatoms. The van der Waals surface area contributed by atoms with Crippen molar-refractivity contribution < 1.29 is 4.79 Å². The van der Waals surface area contributed by atoms with Crippen LogP contribution in [0.25, 0.3) is 22.2 Å². The Balaban J connectivity index is 1.50. The second-order valence-corrected chi connectivity index (χ2v) is 8.87. The monoisotopic (exact) mass is 497 g/mol. The van der Waals surface area contributed by atoms with Gasteiger partial charge in [-0.05, 0) is 36.8 Å². The number of benzene rings is 3. The molecular formula is C28H24ClN5O2. The van der Waals surface area contributed by atoms with Crippen LogP contribution in [0.3, 0.4) is 0 Å². The van der Waals surface area contributed by atoms with Crippen molar-refractivity contribution in [2.75, 3.05) is 6.54 Å². The number of halogens is 1. The van der Waals surface area contributed by atoms with Crippen LogP contribution in [0.1, 0.15) is 28.7 Å². The highest BCUT2D eigenvalue weighted by Crippen LogP contribution is 2.26. The van der Waals surface area contributed by atoms with Crippen molar-refractivity contribution >= 4 is 28.4 Å². The van der Waals surface area contributed by atoms with Gasteiger partial charge in [-0.1, -0.05) is 66.2 Å². The number of carbonyl (C=O) groups is 1. The summed E-state index contributed by atoms with van der Waals surface area (Å²) in [6.45, 7) is 3.02. The number of aromatic amines is 1. The number of H-pyrrole nitrogens is 1. The van der Waals surface area contributed by atoms with Gasteiger partial charge in [0.05, 0.1) is 29.6 Å². The van der Waals surface area contributed by atoms with E-state index < -0.39 is 0 Å². The van der Waals surface area contributed by atoms with Crippen LogP contribution in [-0.2, 0) is 13.1 Å². The Hall–Kier alpha value is -4.23. The normalized spacial score (nSPS) is 11.1. The van der Waals surface area contributed by atoms with Crippen LogP contribution in [0.15, 0.2) is 89.9 Å². The number of aromatic nitrogens is 4. The van der Waals surface area contributed by atoms with Crippen molar-refractivity contribution in [3.05, 3.63) is 117 Å². The highest BCUT2D eigenvalue weighted by atomic mass is 35.5. The van der Waals surface area contributed by atoms with Crippen LogP contribution in [0.5, 0.6) is 0 Å². The number of para-hydroxylation sites is 1. The summed E-state index contributed by atoms with van der Waals surface area (Å²) in [5, 5.41) is 5.88. The van der Waals surface area contributed by atoms with Gasteiger partial charge in [0.1, 0.15) is 11.5 Å². The molecule has 0 aliphatic carbocycles. The molecule has 5 aromatic rings. The third kappa shape index (κ3) is 4.92. The summed E-state index contributed by atoms with van der Waals surface area (Å²) in [6, 6.07) is 24.4. The molecule has 0 fully saturated rings. The molecule has 0 bridgehead atoms. The Morgan fingerprint density at radius 2 is 1.72 bits per heavy atom.